The van der Waals surface area contributed by atoms with E-state index in [1.165, 1.54) is 24.3 Å². The van der Waals surface area contributed by atoms with Gasteiger partial charge >= 0.3 is 17.7 Å². The highest BCUT2D eigenvalue weighted by atomic mass is 35.7. The molecule has 0 unspecified atom stereocenters. The first-order valence-corrected chi connectivity index (χ1v) is 20.2. The van der Waals surface area contributed by atoms with Crippen LogP contribution in [0.5, 0.6) is 0 Å². The number of halogens is 10. The molecule has 2 rings (SSSR count). The number of alkyl halides is 6. The Morgan fingerprint density at radius 3 is 0.976 bits per heavy atom. The van der Waals surface area contributed by atoms with E-state index < -0.39 is 44.8 Å². The van der Waals surface area contributed by atoms with E-state index in [1.54, 1.807) is 24.3 Å². The standard InChI is InChI=1S/C10H13ClO2S.C7H7ClO2S.CCl4O2S.CClF3O2S/c1-10(2,3)8-4-6-9(7-5-8)14(11,12)13;1-6-2-4-7(5-3-6)11(8,9)10;2-1(3,4)8(5,6)7;2-8(6,7)1(3,4)5/h4-7H,1-3H3;2-5H,1H3;;. The van der Waals surface area contributed by atoms with Crippen LogP contribution in [-0.4, -0.2) is 42.3 Å². The summed E-state index contributed by atoms with van der Waals surface area (Å²) in [6, 6.07) is 13.0. The van der Waals surface area contributed by atoms with Crippen molar-refractivity contribution in [2.45, 2.75) is 51.5 Å². The predicted molar refractivity (Wildman–Crippen MR) is 158 cm³/mol. The first kappa shape index (κ1) is 43.2. The Morgan fingerprint density at radius 2 is 0.805 bits per heavy atom. The lowest BCUT2D eigenvalue weighted by Gasteiger charge is -2.18. The molecule has 0 bridgehead atoms. The first-order valence-electron chi connectivity index (χ1n) is 9.79. The number of aryl methyl sites for hydroxylation is 1. The van der Waals surface area contributed by atoms with Gasteiger partial charge < -0.3 is 0 Å². The van der Waals surface area contributed by atoms with Crippen LogP contribution in [0, 0.1) is 6.92 Å². The number of rotatable bonds is 2. The van der Waals surface area contributed by atoms with Crippen LogP contribution in [0.15, 0.2) is 58.3 Å². The van der Waals surface area contributed by atoms with Crippen LogP contribution < -0.4 is 0 Å². The molecule has 41 heavy (non-hydrogen) atoms. The lowest BCUT2D eigenvalue weighted by Crippen LogP contribution is -2.16. The Balaban J connectivity index is 0. The fourth-order valence-corrected chi connectivity index (χ4v) is 3.36. The normalized spacial score (nSPS) is 12.9. The zero-order valence-electron chi connectivity index (χ0n) is 20.8. The van der Waals surface area contributed by atoms with Crippen LogP contribution in [0.1, 0.15) is 31.9 Å². The molecule has 0 fully saturated rings. The minimum Gasteiger partial charge on any atom is -0.208 e. The van der Waals surface area contributed by atoms with E-state index in [-0.39, 0.29) is 15.2 Å². The van der Waals surface area contributed by atoms with Crippen LogP contribution in [0.2, 0.25) is 0 Å². The molecule has 0 saturated heterocycles. The van der Waals surface area contributed by atoms with Gasteiger partial charge in [0.05, 0.1) is 9.79 Å². The van der Waals surface area contributed by atoms with Crippen molar-refractivity contribution in [1.29, 1.82) is 0 Å². The zero-order chi connectivity index (χ0) is 33.5. The van der Waals surface area contributed by atoms with Crippen molar-refractivity contribution in [2.75, 3.05) is 0 Å². The fraction of sp³-hybridized carbons (Fsp3) is 0.368. The van der Waals surface area contributed by atoms with E-state index in [9.17, 15) is 46.8 Å². The van der Waals surface area contributed by atoms with Gasteiger partial charge in [0.15, 0.2) is 0 Å². The molecule has 0 spiro atoms. The van der Waals surface area contributed by atoms with E-state index in [0.717, 1.165) is 11.1 Å². The molecule has 0 aromatic heterocycles. The number of hydrogen-bond donors (Lipinski definition) is 0. The lowest BCUT2D eigenvalue weighted by molar-refractivity contribution is -0.0412. The third kappa shape index (κ3) is 18.5. The summed E-state index contributed by atoms with van der Waals surface area (Å²) in [5.41, 5.74) is -3.21. The Hall–Kier alpha value is 0.0600. The molecule has 2 aromatic carbocycles. The molecule has 0 aliphatic heterocycles. The summed E-state index contributed by atoms with van der Waals surface area (Å²) in [6.07, 6.45) is 0. The van der Waals surface area contributed by atoms with Crippen LogP contribution in [0.3, 0.4) is 0 Å². The molecule has 0 aliphatic carbocycles. The van der Waals surface area contributed by atoms with Crippen molar-refractivity contribution in [3.63, 3.8) is 0 Å². The highest BCUT2D eigenvalue weighted by molar-refractivity contribution is 8.17. The van der Waals surface area contributed by atoms with Gasteiger partial charge in [-0.3, -0.25) is 0 Å². The molecule has 8 nitrogen and oxygen atoms in total. The maximum atomic E-state index is 11.0. The second-order valence-electron chi connectivity index (χ2n) is 8.23. The topological polar surface area (TPSA) is 137 Å². The van der Waals surface area contributed by atoms with Gasteiger partial charge in [-0.15, -0.1) is 0 Å². The smallest absolute Gasteiger partial charge is 0.208 e. The molecular weight excluding hydrogens is 790 g/mol. The van der Waals surface area contributed by atoms with Gasteiger partial charge in [0.25, 0.3) is 27.2 Å². The van der Waals surface area contributed by atoms with Crippen molar-refractivity contribution in [2.24, 2.45) is 0 Å². The quantitative estimate of drug-likeness (QED) is 0.222. The second-order valence-corrected chi connectivity index (χ2v) is 21.6. The van der Waals surface area contributed by atoms with Crippen LogP contribution >= 0.6 is 77.5 Å². The molecular formula is C19H20Cl7F3O8S4. The maximum Gasteiger partial charge on any atom is 0.511 e. The van der Waals surface area contributed by atoms with Crippen molar-refractivity contribution < 1.29 is 46.8 Å². The highest BCUT2D eigenvalue weighted by Gasteiger charge is 2.44. The van der Waals surface area contributed by atoms with Crippen LogP contribution in [0.25, 0.3) is 0 Å². The minimum absolute atomic E-state index is 0.0224. The Bertz CT molecular complexity index is 1520. The third-order valence-corrected chi connectivity index (χ3v) is 11.5. The summed E-state index contributed by atoms with van der Waals surface area (Å²) in [5.74, 6) is 0. The lowest BCUT2D eigenvalue weighted by atomic mass is 9.87. The van der Waals surface area contributed by atoms with Crippen molar-refractivity contribution in [1.82, 2.24) is 0 Å². The zero-order valence-corrected chi connectivity index (χ0v) is 29.4. The largest absolute Gasteiger partial charge is 0.511 e. The molecule has 0 aliphatic rings. The molecule has 0 saturated carbocycles. The summed E-state index contributed by atoms with van der Waals surface area (Å²) in [7, 11) is 2.14. The Labute approximate surface area is 269 Å². The molecule has 22 heteroatoms. The molecule has 2 aromatic rings. The van der Waals surface area contributed by atoms with Crippen LogP contribution in [-0.2, 0) is 41.6 Å². The fourth-order valence-electron chi connectivity index (χ4n) is 1.82. The summed E-state index contributed by atoms with van der Waals surface area (Å²) in [5, 5.41) is 0. The van der Waals surface area contributed by atoms with Crippen molar-refractivity contribution >= 4 is 114 Å². The van der Waals surface area contributed by atoms with Gasteiger partial charge in [-0.1, -0.05) is 85.4 Å². The van der Waals surface area contributed by atoms with Gasteiger partial charge in [0, 0.05) is 42.7 Å². The van der Waals surface area contributed by atoms with Gasteiger partial charge in [-0.25, -0.2) is 33.7 Å². The van der Waals surface area contributed by atoms with Gasteiger partial charge in [-0.05, 0) is 42.2 Å². The van der Waals surface area contributed by atoms with Crippen molar-refractivity contribution in [3.05, 3.63) is 59.7 Å². The SMILES string of the molecule is CC(C)(C)c1ccc(S(=O)(=O)Cl)cc1.Cc1ccc(S(=O)(=O)Cl)cc1.O=S(=O)(Cl)C(Cl)(Cl)Cl.O=S(=O)(Cl)C(F)(F)F. The monoisotopic (exact) mass is 806 g/mol. The Morgan fingerprint density at radius 1 is 0.561 bits per heavy atom. The summed E-state index contributed by atoms with van der Waals surface area (Å²) in [4.78, 5) is 0.289. The van der Waals surface area contributed by atoms with E-state index in [4.69, 9.17) is 56.2 Å². The average Bonchev–Trinajstić information content (AvgIpc) is 2.71. The van der Waals surface area contributed by atoms with E-state index in [1.807, 2.05) is 6.92 Å². The molecule has 238 valence electrons. The molecule has 0 amide bonds. The second kappa shape index (κ2) is 15.9. The first-order chi connectivity index (χ1) is 17.7. The van der Waals surface area contributed by atoms with Crippen molar-refractivity contribution in [3.8, 4) is 0 Å². The van der Waals surface area contributed by atoms with E-state index in [0.29, 0.717) is 0 Å². The van der Waals surface area contributed by atoms with Gasteiger partial charge in [-0.2, -0.15) is 13.2 Å². The van der Waals surface area contributed by atoms with E-state index in [2.05, 4.69) is 42.1 Å². The Kier molecular flexibility index (Phi) is 16.7. The highest BCUT2D eigenvalue weighted by Crippen LogP contribution is 2.35. The van der Waals surface area contributed by atoms with Crippen LogP contribution in [0.4, 0.5) is 13.2 Å². The molecule has 0 atom stereocenters. The summed E-state index contributed by atoms with van der Waals surface area (Å²) in [6.45, 7) is 8.08. The molecule has 0 heterocycles. The summed E-state index contributed by atoms with van der Waals surface area (Å²) >= 11 is 14.5. The average molecular weight is 810 g/mol. The predicted octanol–water partition coefficient (Wildman–Crippen LogP) is 7.79. The van der Waals surface area contributed by atoms with E-state index >= 15 is 0 Å². The number of benzene rings is 2. The van der Waals surface area contributed by atoms with Gasteiger partial charge in [0.1, 0.15) is 0 Å². The summed E-state index contributed by atoms with van der Waals surface area (Å²) < 4.78 is 112. The minimum atomic E-state index is -5.37. The maximum absolute atomic E-state index is 11.0. The third-order valence-electron chi connectivity index (χ3n) is 3.86. The molecule has 0 N–H and O–H groups in total. The molecule has 0 radical (unpaired) electrons. The van der Waals surface area contributed by atoms with Gasteiger partial charge in [0.2, 0.25) is 0 Å². The number of hydrogen-bond acceptors (Lipinski definition) is 8.